The topological polar surface area (TPSA) is 75.4 Å². The Balaban J connectivity index is 2.21. The number of imide groups is 1. The van der Waals surface area contributed by atoms with Crippen molar-refractivity contribution in [3.05, 3.63) is 0 Å². The molecule has 5 nitrogen and oxygen atoms in total. The van der Waals surface area contributed by atoms with Crippen LogP contribution in [-0.2, 0) is 4.79 Å². The normalized spacial score (nSPS) is 15.6. The zero-order chi connectivity index (χ0) is 10.4. The van der Waals surface area contributed by atoms with Crippen LogP contribution in [0.4, 0.5) is 4.79 Å². The van der Waals surface area contributed by atoms with E-state index in [2.05, 4.69) is 5.32 Å². The van der Waals surface area contributed by atoms with Crippen molar-refractivity contribution >= 4 is 11.9 Å². The standard InChI is InChI=1S/C9H17N3O2/c10-5-3-4-8(13)11-9(14)12-6-1-2-7-12/h1-7,10H2,(H,11,13,14). The monoisotopic (exact) mass is 199 g/mol. The molecule has 1 saturated heterocycles. The Morgan fingerprint density at radius 3 is 2.50 bits per heavy atom. The van der Waals surface area contributed by atoms with Crippen LogP contribution in [0, 0.1) is 0 Å². The number of hydrogen-bond acceptors (Lipinski definition) is 3. The predicted molar refractivity (Wildman–Crippen MR) is 52.6 cm³/mol. The number of nitrogens with two attached hydrogens (primary N) is 1. The highest BCUT2D eigenvalue weighted by atomic mass is 16.2. The van der Waals surface area contributed by atoms with Crippen LogP contribution >= 0.6 is 0 Å². The van der Waals surface area contributed by atoms with E-state index in [9.17, 15) is 9.59 Å². The summed E-state index contributed by atoms with van der Waals surface area (Å²) in [7, 11) is 0. The second-order valence-electron chi connectivity index (χ2n) is 3.44. The summed E-state index contributed by atoms with van der Waals surface area (Å²) in [5.74, 6) is -0.229. The average molecular weight is 199 g/mol. The molecule has 1 aliphatic heterocycles. The Kier molecular flexibility index (Phi) is 4.39. The molecule has 3 N–H and O–H groups in total. The Hall–Kier alpha value is -1.10. The van der Waals surface area contributed by atoms with Gasteiger partial charge in [0, 0.05) is 19.5 Å². The SMILES string of the molecule is NCCCC(=O)NC(=O)N1CCCC1. The Morgan fingerprint density at radius 1 is 1.29 bits per heavy atom. The quantitative estimate of drug-likeness (QED) is 0.674. The third-order valence-electron chi connectivity index (χ3n) is 2.25. The summed E-state index contributed by atoms with van der Waals surface area (Å²) < 4.78 is 0. The molecule has 0 unspecified atom stereocenters. The Morgan fingerprint density at radius 2 is 1.93 bits per heavy atom. The Bertz CT molecular complexity index is 212. The molecule has 5 heteroatoms. The number of urea groups is 1. The summed E-state index contributed by atoms with van der Waals surface area (Å²) in [6.07, 6.45) is 3.02. The third-order valence-corrected chi connectivity index (χ3v) is 2.25. The van der Waals surface area contributed by atoms with Gasteiger partial charge in [-0.3, -0.25) is 10.1 Å². The molecular formula is C9H17N3O2. The first-order valence-corrected chi connectivity index (χ1v) is 5.03. The molecule has 80 valence electrons. The highest BCUT2D eigenvalue weighted by molar-refractivity contribution is 5.94. The molecule has 0 spiro atoms. The van der Waals surface area contributed by atoms with Gasteiger partial charge in [0.15, 0.2) is 0 Å². The highest BCUT2D eigenvalue weighted by Crippen LogP contribution is 2.06. The van der Waals surface area contributed by atoms with Gasteiger partial charge in [0.1, 0.15) is 0 Å². The van der Waals surface area contributed by atoms with Crippen LogP contribution in [0.3, 0.4) is 0 Å². The van der Waals surface area contributed by atoms with Crippen molar-refractivity contribution < 1.29 is 9.59 Å². The lowest BCUT2D eigenvalue weighted by molar-refractivity contribution is -0.120. The van der Waals surface area contributed by atoms with Gasteiger partial charge >= 0.3 is 6.03 Å². The molecular weight excluding hydrogens is 182 g/mol. The van der Waals surface area contributed by atoms with E-state index in [1.165, 1.54) is 0 Å². The fraction of sp³-hybridized carbons (Fsp3) is 0.778. The predicted octanol–water partition coefficient (Wildman–Crippen LogP) is 0.0573. The van der Waals surface area contributed by atoms with Crippen molar-refractivity contribution in [3.8, 4) is 0 Å². The van der Waals surface area contributed by atoms with Crippen LogP contribution in [-0.4, -0.2) is 36.5 Å². The number of likely N-dealkylation sites (tertiary alicyclic amines) is 1. The van der Waals surface area contributed by atoms with Crippen molar-refractivity contribution in [2.75, 3.05) is 19.6 Å². The van der Waals surface area contributed by atoms with Gasteiger partial charge in [-0.2, -0.15) is 0 Å². The van der Waals surface area contributed by atoms with Gasteiger partial charge in [-0.25, -0.2) is 4.79 Å². The summed E-state index contributed by atoms with van der Waals surface area (Å²) in [6, 6.07) is -0.260. The maximum Gasteiger partial charge on any atom is 0.324 e. The largest absolute Gasteiger partial charge is 0.330 e. The second-order valence-corrected chi connectivity index (χ2v) is 3.44. The summed E-state index contributed by atoms with van der Waals surface area (Å²) in [4.78, 5) is 24.2. The molecule has 0 bridgehead atoms. The molecule has 14 heavy (non-hydrogen) atoms. The number of nitrogens with one attached hydrogen (secondary N) is 1. The van der Waals surface area contributed by atoms with Crippen molar-refractivity contribution in [3.63, 3.8) is 0 Å². The zero-order valence-corrected chi connectivity index (χ0v) is 8.29. The first-order chi connectivity index (χ1) is 6.74. The molecule has 1 fully saturated rings. The molecule has 0 aromatic carbocycles. The molecule has 0 saturated carbocycles. The fourth-order valence-corrected chi connectivity index (χ4v) is 1.44. The van der Waals surface area contributed by atoms with Crippen molar-refractivity contribution in [2.45, 2.75) is 25.7 Å². The third kappa shape index (κ3) is 3.33. The minimum absolute atomic E-state index is 0.229. The fourth-order valence-electron chi connectivity index (χ4n) is 1.44. The van der Waals surface area contributed by atoms with E-state index in [1.807, 2.05) is 0 Å². The summed E-state index contributed by atoms with van der Waals surface area (Å²) in [5, 5.41) is 2.35. The minimum Gasteiger partial charge on any atom is -0.330 e. The van der Waals surface area contributed by atoms with Crippen molar-refractivity contribution in [2.24, 2.45) is 5.73 Å². The van der Waals surface area contributed by atoms with E-state index >= 15 is 0 Å². The number of amides is 3. The molecule has 0 aromatic rings. The number of carbonyl (C=O) groups excluding carboxylic acids is 2. The van der Waals surface area contributed by atoms with Crippen LogP contribution in [0.5, 0.6) is 0 Å². The van der Waals surface area contributed by atoms with Gasteiger partial charge in [-0.1, -0.05) is 0 Å². The molecule has 0 atom stereocenters. The van der Waals surface area contributed by atoms with Gasteiger partial charge in [0.25, 0.3) is 0 Å². The number of hydrogen-bond donors (Lipinski definition) is 2. The average Bonchev–Trinajstić information content (AvgIpc) is 2.67. The van der Waals surface area contributed by atoms with E-state index < -0.39 is 0 Å². The van der Waals surface area contributed by atoms with Crippen molar-refractivity contribution in [1.82, 2.24) is 10.2 Å². The van der Waals surface area contributed by atoms with Gasteiger partial charge in [-0.15, -0.1) is 0 Å². The van der Waals surface area contributed by atoms with Crippen LogP contribution in [0.15, 0.2) is 0 Å². The van der Waals surface area contributed by atoms with Crippen LogP contribution < -0.4 is 11.1 Å². The highest BCUT2D eigenvalue weighted by Gasteiger charge is 2.19. The van der Waals surface area contributed by atoms with Crippen molar-refractivity contribution in [1.29, 1.82) is 0 Å². The van der Waals surface area contributed by atoms with E-state index in [0.29, 0.717) is 19.4 Å². The molecule has 0 aromatic heterocycles. The van der Waals surface area contributed by atoms with Gasteiger partial charge in [0.05, 0.1) is 0 Å². The molecule has 3 amide bonds. The summed E-state index contributed by atoms with van der Waals surface area (Å²) in [5.41, 5.74) is 5.25. The second kappa shape index (κ2) is 5.59. The van der Waals surface area contributed by atoms with E-state index in [4.69, 9.17) is 5.73 Å². The molecule has 0 radical (unpaired) electrons. The first kappa shape index (κ1) is 11.0. The minimum atomic E-state index is -0.260. The van der Waals surface area contributed by atoms with E-state index in [1.54, 1.807) is 4.90 Å². The van der Waals surface area contributed by atoms with Gasteiger partial charge in [-0.05, 0) is 25.8 Å². The van der Waals surface area contributed by atoms with Crippen LogP contribution in [0.25, 0.3) is 0 Å². The molecule has 0 aliphatic carbocycles. The van der Waals surface area contributed by atoms with E-state index in [-0.39, 0.29) is 11.9 Å². The van der Waals surface area contributed by atoms with Gasteiger partial charge in [0.2, 0.25) is 5.91 Å². The molecule has 1 rings (SSSR count). The number of nitrogens with zero attached hydrogens (tertiary/aromatic N) is 1. The number of carbonyl (C=O) groups is 2. The maximum atomic E-state index is 11.4. The van der Waals surface area contributed by atoms with Crippen LogP contribution in [0.2, 0.25) is 0 Å². The lowest BCUT2D eigenvalue weighted by Crippen LogP contribution is -2.41. The van der Waals surface area contributed by atoms with Crippen LogP contribution in [0.1, 0.15) is 25.7 Å². The first-order valence-electron chi connectivity index (χ1n) is 5.03. The lowest BCUT2D eigenvalue weighted by atomic mass is 10.3. The molecule has 1 aliphatic rings. The Labute approximate surface area is 83.6 Å². The van der Waals surface area contributed by atoms with E-state index in [0.717, 1.165) is 25.9 Å². The molecule has 1 heterocycles. The summed E-state index contributed by atoms with van der Waals surface area (Å²) in [6.45, 7) is 2.00. The van der Waals surface area contributed by atoms with Gasteiger partial charge < -0.3 is 10.6 Å². The summed E-state index contributed by atoms with van der Waals surface area (Å²) >= 11 is 0. The zero-order valence-electron chi connectivity index (χ0n) is 8.29. The maximum absolute atomic E-state index is 11.4. The lowest BCUT2D eigenvalue weighted by Gasteiger charge is -2.14. The smallest absolute Gasteiger partial charge is 0.324 e. The number of rotatable bonds is 3.